The van der Waals surface area contributed by atoms with Gasteiger partial charge in [-0.1, -0.05) is 22.6 Å². The molecule has 0 amide bonds. The summed E-state index contributed by atoms with van der Waals surface area (Å²) < 4.78 is 33.4. The first kappa shape index (κ1) is 14.6. The number of hydrogen-bond donors (Lipinski definition) is 2. The highest BCUT2D eigenvalue weighted by Gasteiger charge is 2.63. The molecule has 0 bridgehead atoms. The van der Waals surface area contributed by atoms with Crippen LogP contribution >= 0.6 is 22.6 Å². The van der Waals surface area contributed by atoms with Crippen LogP contribution in [0.3, 0.4) is 0 Å². The van der Waals surface area contributed by atoms with E-state index < -0.39 is 35.1 Å². The number of halogens is 3. The summed E-state index contributed by atoms with van der Waals surface area (Å²) >= 11 is 1.59. The average Bonchev–Trinajstić information content (AvgIpc) is 2.51. The minimum Gasteiger partial charge on any atom is -0.382 e. The van der Waals surface area contributed by atoms with Crippen molar-refractivity contribution in [3.8, 4) is 0 Å². The second kappa shape index (κ2) is 4.63. The van der Waals surface area contributed by atoms with Gasteiger partial charge in [0.15, 0.2) is 12.4 Å². The lowest BCUT2D eigenvalue weighted by Gasteiger charge is -2.25. The molecular formula is C10H11F2IN2O4. The molecule has 1 aliphatic rings. The van der Waals surface area contributed by atoms with E-state index in [0.29, 0.717) is 0 Å². The smallest absolute Gasteiger partial charge is 0.330 e. The van der Waals surface area contributed by atoms with E-state index >= 15 is 0 Å². The molecule has 1 aromatic heterocycles. The molecule has 0 saturated carbocycles. The average molecular weight is 388 g/mol. The van der Waals surface area contributed by atoms with Gasteiger partial charge < -0.3 is 9.84 Å². The molecule has 2 N–H and O–H groups in total. The first-order chi connectivity index (χ1) is 8.72. The largest absolute Gasteiger partial charge is 0.382 e. The first-order valence-corrected chi connectivity index (χ1v) is 6.85. The number of ether oxygens (including phenoxy) is 1. The van der Waals surface area contributed by atoms with Crippen LogP contribution in [0, 0.1) is 0 Å². The van der Waals surface area contributed by atoms with Gasteiger partial charge in [0.1, 0.15) is 5.60 Å². The molecule has 1 unspecified atom stereocenters. The normalized spacial score (nSPS) is 38.6. The number of nitrogens with one attached hydrogen (secondary N) is 1. The second-order valence-corrected chi connectivity index (χ2v) is 5.26. The van der Waals surface area contributed by atoms with Gasteiger partial charge in [0.25, 0.3) is 11.4 Å². The SMILES string of the molecule is C[C@@]1(O)[C@H](F)C(F)(CI)O[C@H]1n1ccc(=O)[nH]c1=O. The third kappa shape index (κ3) is 2.23. The quantitative estimate of drug-likeness (QED) is 0.563. The van der Waals surface area contributed by atoms with Gasteiger partial charge >= 0.3 is 5.69 Å². The van der Waals surface area contributed by atoms with Crippen LogP contribution in [0.25, 0.3) is 0 Å². The Balaban J connectivity index is 2.51. The van der Waals surface area contributed by atoms with Crippen LogP contribution in [0.15, 0.2) is 21.9 Å². The molecule has 1 fully saturated rings. The minimum atomic E-state index is -2.69. The van der Waals surface area contributed by atoms with Gasteiger partial charge in [-0.3, -0.25) is 14.3 Å². The molecule has 1 aliphatic heterocycles. The van der Waals surface area contributed by atoms with Gasteiger partial charge in [-0.05, 0) is 6.92 Å². The molecule has 0 spiro atoms. The maximum absolute atomic E-state index is 14.1. The molecule has 1 saturated heterocycles. The summed E-state index contributed by atoms with van der Waals surface area (Å²) in [4.78, 5) is 24.5. The lowest BCUT2D eigenvalue weighted by Crippen LogP contribution is -2.46. The number of alkyl halides is 3. The zero-order valence-electron chi connectivity index (χ0n) is 9.77. The Bertz CT molecular complexity index is 602. The molecule has 4 atom stereocenters. The Hall–Kier alpha value is -0.810. The fourth-order valence-electron chi connectivity index (χ4n) is 1.98. The van der Waals surface area contributed by atoms with Gasteiger partial charge in [0.05, 0.1) is 4.43 Å². The number of aliphatic hydroxyl groups is 1. The van der Waals surface area contributed by atoms with Crippen molar-refractivity contribution in [1.29, 1.82) is 0 Å². The number of rotatable bonds is 2. The number of H-pyrrole nitrogens is 1. The van der Waals surface area contributed by atoms with E-state index in [1.54, 1.807) is 22.6 Å². The summed E-state index contributed by atoms with van der Waals surface area (Å²) in [6.07, 6.45) is -2.86. The van der Waals surface area contributed by atoms with E-state index in [0.717, 1.165) is 23.8 Å². The second-order valence-electron chi connectivity index (χ2n) is 4.50. The van der Waals surface area contributed by atoms with Crippen LogP contribution in [0.4, 0.5) is 8.78 Å². The molecular weight excluding hydrogens is 377 g/mol. The van der Waals surface area contributed by atoms with Crippen molar-refractivity contribution in [2.45, 2.75) is 30.8 Å². The summed E-state index contributed by atoms with van der Waals surface area (Å²) in [7, 11) is 0. The standard InChI is InChI=1S/C10H11F2IN2O4/c1-9(18)6(11)10(12,4-13)19-7(9)15-3-2-5(16)14-8(15)17/h2-3,6-7,18H,4H2,1H3,(H,14,16,17)/t6-,7+,9+,10?/m0/s1. The van der Waals surface area contributed by atoms with Crippen LogP contribution < -0.4 is 11.2 Å². The van der Waals surface area contributed by atoms with E-state index in [1.807, 2.05) is 4.98 Å². The summed E-state index contributed by atoms with van der Waals surface area (Å²) in [6.45, 7) is 1.04. The van der Waals surface area contributed by atoms with E-state index in [4.69, 9.17) is 4.74 Å². The number of aromatic nitrogens is 2. The Morgan fingerprint density at radius 1 is 1.63 bits per heavy atom. The molecule has 0 aliphatic carbocycles. The lowest BCUT2D eigenvalue weighted by molar-refractivity contribution is -0.161. The maximum atomic E-state index is 14.1. The van der Waals surface area contributed by atoms with Crippen molar-refractivity contribution in [1.82, 2.24) is 9.55 Å². The van der Waals surface area contributed by atoms with Gasteiger partial charge in [0.2, 0.25) is 0 Å². The number of nitrogens with zero attached hydrogens (tertiary/aromatic N) is 1. The Morgan fingerprint density at radius 3 is 2.74 bits per heavy atom. The van der Waals surface area contributed by atoms with Crippen LogP contribution in [-0.2, 0) is 4.74 Å². The Labute approximate surface area is 119 Å². The summed E-state index contributed by atoms with van der Waals surface area (Å²) in [5, 5.41) is 10.0. The van der Waals surface area contributed by atoms with Crippen LogP contribution in [-0.4, -0.2) is 36.7 Å². The highest BCUT2D eigenvalue weighted by molar-refractivity contribution is 14.1. The van der Waals surface area contributed by atoms with Gasteiger partial charge in [-0.25, -0.2) is 13.6 Å². The van der Waals surface area contributed by atoms with Gasteiger partial charge in [-0.2, -0.15) is 0 Å². The zero-order valence-corrected chi connectivity index (χ0v) is 11.9. The highest BCUT2D eigenvalue weighted by Crippen LogP contribution is 2.47. The third-order valence-electron chi connectivity index (χ3n) is 2.99. The van der Waals surface area contributed by atoms with Crippen molar-refractivity contribution >= 4 is 22.6 Å². The Kier molecular flexibility index (Phi) is 3.56. The monoisotopic (exact) mass is 388 g/mol. The minimum absolute atomic E-state index is 0.351. The molecule has 0 radical (unpaired) electrons. The van der Waals surface area contributed by atoms with Crippen LogP contribution in [0.2, 0.25) is 0 Å². The van der Waals surface area contributed by atoms with Crippen molar-refractivity contribution in [2.24, 2.45) is 0 Å². The zero-order chi connectivity index (χ0) is 14.4. The van der Waals surface area contributed by atoms with Crippen molar-refractivity contribution in [2.75, 3.05) is 4.43 Å². The van der Waals surface area contributed by atoms with Gasteiger partial charge in [0, 0.05) is 12.3 Å². The van der Waals surface area contributed by atoms with Crippen molar-refractivity contribution < 1.29 is 18.6 Å². The predicted octanol–water partition coefficient (Wildman–Crippen LogP) is 0.255. The summed E-state index contributed by atoms with van der Waals surface area (Å²) in [5.41, 5.74) is -3.80. The molecule has 0 aromatic carbocycles. The molecule has 9 heteroatoms. The van der Waals surface area contributed by atoms with Crippen LogP contribution in [0.5, 0.6) is 0 Å². The fraction of sp³-hybridized carbons (Fsp3) is 0.600. The van der Waals surface area contributed by atoms with E-state index in [2.05, 4.69) is 0 Å². The maximum Gasteiger partial charge on any atom is 0.330 e. The van der Waals surface area contributed by atoms with E-state index in [-0.39, 0.29) is 4.43 Å². The molecule has 106 valence electrons. The molecule has 2 heterocycles. The molecule has 2 rings (SSSR count). The van der Waals surface area contributed by atoms with E-state index in [1.165, 1.54) is 0 Å². The highest BCUT2D eigenvalue weighted by atomic mass is 127. The molecule has 19 heavy (non-hydrogen) atoms. The Morgan fingerprint density at radius 2 is 2.26 bits per heavy atom. The van der Waals surface area contributed by atoms with Crippen molar-refractivity contribution in [3.05, 3.63) is 33.1 Å². The topological polar surface area (TPSA) is 84.3 Å². The number of aromatic amines is 1. The lowest BCUT2D eigenvalue weighted by atomic mass is 9.97. The number of hydrogen-bond acceptors (Lipinski definition) is 4. The van der Waals surface area contributed by atoms with Crippen molar-refractivity contribution in [3.63, 3.8) is 0 Å². The summed E-state index contributed by atoms with van der Waals surface area (Å²) in [5.74, 6) is -2.69. The summed E-state index contributed by atoms with van der Waals surface area (Å²) in [6, 6.07) is 0.996. The van der Waals surface area contributed by atoms with Crippen LogP contribution in [0.1, 0.15) is 13.2 Å². The molecule has 1 aromatic rings. The predicted molar refractivity (Wildman–Crippen MR) is 69.7 cm³/mol. The first-order valence-electron chi connectivity index (χ1n) is 5.33. The molecule has 6 nitrogen and oxygen atoms in total. The van der Waals surface area contributed by atoms with E-state index in [9.17, 15) is 23.5 Å². The van der Waals surface area contributed by atoms with Gasteiger partial charge in [-0.15, -0.1) is 0 Å². The fourth-order valence-corrected chi connectivity index (χ4v) is 2.54. The third-order valence-corrected chi connectivity index (χ3v) is 4.03.